The molecular formula is C17H21BrN4O. The van der Waals surface area contributed by atoms with Crippen molar-refractivity contribution in [3.05, 3.63) is 52.6 Å². The van der Waals surface area contributed by atoms with Crippen LogP contribution in [-0.2, 0) is 0 Å². The molecule has 1 amide bonds. The summed E-state index contributed by atoms with van der Waals surface area (Å²) in [4.78, 5) is 18.7. The monoisotopic (exact) mass is 376 g/mol. The highest BCUT2D eigenvalue weighted by atomic mass is 79.9. The maximum atomic E-state index is 12.3. The molecule has 23 heavy (non-hydrogen) atoms. The van der Waals surface area contributed by atoms with Gasteiger partial charge in [0.05, 0.1) is 0 Å². The highest BCUT2D eigenvalue weighted by Crippen LogP contribution is 2.17. The van der Waals surface area contributed by atoms with Gasteiger partial charge in [0, 0.05) is 28.5 Å². The quantitative estimate of drug-likeness (QED) is 0.726. The highest BCUT2D eigenvalue weighted by molar-refractivity contribution is 9.10. The number of carbonyl (C=O) groups excluding carboxylic acids is 1. The topological polar surface area (TPSA) is 57.3 Å². The first-order valence-corrected chi connectivity index (χ1v) is 8.25. The SMILES string of the molecule is CN(C)CCCNc1cc(C(=O)Nc2cccc(Br)c2)ccn1. The number of nitrogens with zero attached hydrogens (tertiary/aromatic N) is 2. The Morgan fingerprint density at radius 1 is 1.26 bits per heavy atom. The first kappa shape index (κ1) is 17.4. The number of carbonyl (C=O) groups is 1. The Labute approximate surface area is 145 Å². The van der Waals surface area contributed by atoms with Gasteiger partial charge in [0.2, 0.25) is 0 Å². The lowest BCUT2D eigenvalue weighted by molar-refractivity contribution is 0.102. The molecule has 2 rings (SSSR count). The van der Waals surface area contributed by atoms with Gasteiger partial charge in [-0.3, -0.25) is 4.79 Å². The van der Waals surface area contributed by atoms with Crippen molar-refractivity contribution in [2.45, 2.75) is 6.42 Å². The van der Waals surface area contributed by atoms with E-state index in [1.807, 2.05) is 38.4 Å². The Morgan fingerprint density at radius 3 is 2.83 bits per heavy atom. The van der Waals surface area contributed by atoms with E-state index in [1.54, 1.807) is 18.3 Å². The van der Waals surface area contributed by atoms with Gasteiger partial charge < -0.3 is 15.5 Å². The lowest BCUT2D eigenvalue weighted by Gasteiger charge is -2.11. The maximum Gasteiger partial charge on any atom is 0.255 e. The van der Waals surface area contributed by atoms with E-state index < -0.39 is 0 Å². The summed E-state index contributed by atoms with van der Waals surface area (Å²) in [5.74, 6) is 0.562. The minimum Gasteiger partial charge on any atom is -0.370 e. The van der Waals surface area contributed by atoms with Crippen LogP contribution < -0.4 is 10.6 Å². The molecule has 0 aliphatic heterocycles. The van der Waals surface area contributed by atoms with Crippen LogP contribution in [0, 0.1) is 0 Å². The van der Waals surface area contributed by atoms with Crippen molar-refractivity contribution in [1.29, 1.82) is 0 Å². The number of anilines is 2. The van der Waals surface area contributed by atoms with Gasteiger partial charge in [-0.1, -0.05) is 22.0 Å². The summed E-state index contributed by atoms with van der Waals surface area (Å²) in [6, 6.07) is 11.0. The lowest BCUT2D eigenvalue weighted by atomic mass is 10.2. The van der Waals surface area contributed by atoms with Crippen LogP contribution in [0.3, 0.4) is 0 Å². The molecule has 0 aliphatic rings. The Morgan fingerprint density at radius 2 is 2.09 bits per heavy atom. The summed E-state index contributed by atoms with van der Waals surface area (Å²) in [7, 11) is 4.09. The van der Waals surface area contributed by atoms with Crippen molar-refractivity contribution in [1.82, 2.24) is 9.88 Å². The summed E-state index contributed by atoms with van der Waals surface area (Å²) >= 11 is 3.39. The number of hydrogen-bond acceptors (Lipinski definition) is 4. The number of aromatic nitrogens is 1. The van der Waals surface area contributed by atoms with Gasteiger partial charge in [-0.25, -0.2) is 4.98 Å². The Kier molecular flexibility index (Phi) is 6.55. The molecule has 122 valence electrons. The van der Waals surface area contributed by atoms with E-state index in [-0.39, 0.29) is 5.91 Å². The van der Waals surface area contributed by atoms with Crippen LogP contribution in [0.4, 0.5) is 11.5 Å². The van der Waals surface area contributed by atoms with Gasteiger partial charge in [-0.2, -0.15) is 0 Å². The fourth-order valence-corrected chi connectivity index (χ4v) is 2.45. The average Bonchev–Trinajstić information content (AvgIpc) is 2.52. The third-order valence-electron chi connectivity index (χ3n) is 3.19. The van der Waals surface area contributed by atoms with Crippen molar-refractivity contribution >= 4 is 33.3 Å². The predicted octanol–water partition coefficient (Wildman–Crippen LogP) is 3.46. The van der Waals surface area contributed by atoms with E-state index in [1.165, 1.54) is 0 Å². The van der Waals surface area contributed by atoms with Crippen molar-refractivity contribution in [3.8, 4) is 0 Å². The second-order valence-electron chi connectivity index (χ2n) is 5.48. The summed E-state index contributed by atoms with van der Waals surface area (Å²) in [5, 5.41) is 6.12. The molecule has 2 aromatic rings. The van der Waals surface area contributed by atoms with Gasteiger partial charge in [0.25, 0.3) is 5.91 Å². The zero-order valence-corrected chi connectivity index (χ0v) is 14.9. The van der Waals surface area contributed by atoms with Crippen LogP contribution in [0.15, 0.2) is 47.1 Å². The molecule has 2 N–H and O–H groups in total. The third kappa shape index (κ3) is 6.00. The smallest absolute Gasteiger partial charge is 0.255 e. The molecule has 1 heterocycles. The van der Waals surface area contributed by atoms with Crippen molar-refractivity contribution in [3.63, 3.8) is 0 Å². The molecule has 0 saturated carbocycles. The summed E-state index contributed by atoms with van der Waals surface area (Å²) in [6.45, 7) is 1.83. The summed E-state index contributed by atoms with van der Waals surface area (Å²) in [5.41, 5.74) is 1.33. The molecular weight excluding hydrogens is 356 g/mol. The normalized spacial score (nSPS) is 10.6. The van der Waals surface area contributed by atoms with Crippen molar-refractivity contribution < 1.29 is 4.79 Å². The standard InChI is InChI=1S/C17H21BrN4O/c1-22(2)10-4-8-19-16-11-13(7-9-20-16)17(23)21-15-6-3-5-14(18)12-15/h3,5-7,9,11-12H,4,8,10H2,1-2H3,(H,19,20)(H,21,23). The number of nitrogens with one attached hydrogen (secondary N) is 2. The van der Waals surface area contributed by atoms with E-state index in [9.17, 15) is 4.79 Å². The average molecular weight is 377 g/mol. The molecule has 0 spiro atoms. The second kappa shape index (κ2) is 8.64. The number of pyridine rings is 1. The van der Waals surface area contributed by atoms with Crippen molar-refractivity contribution in [2.75, 3.05) is 37.8 Å². The van der Waals surface area contributed by atoms with Crippen LogP contribution in [0.5, 0.6) is 0 Å². The minimum absolute atomic E-state index is 0.151. The molecule has 0 aliphatic carbocycles. The lowest BCUT2D eigenvalue weighted by Crippen LogP contribution is -2.17. The number of amides is 1. The predicted molar refractivity (Wildman–Crippen MR) is 98.0 cm³/mol. The first-order valence-electron chi connectivity index (χ1n) is 7.46. The molecule has 0 saturated heterocycles. The van der Waals surface area contributed by atoms with Crippen molar-refractivity contribution in [2.24, 2.45) is 0 Å². The molecule has 0 bridgehead atoms. The van der Waals surface area contributed by atoms with E-state index >= 15 is 0 Å². The van der Waals surface area contributed by atoms with Crippen LogP contribution in [0.1, 0.15) is 16.8 Å². The molecule has 0 radical (unpaired) electrons. The fraction of sp³-hybridized carbons (Fsp3) is 0.294. The molecule has 1 aromatic carbocycles. The number of benzene rings is 1. The summed E-state index contributed by atoms with van der Waals surface area (Å²) < 4.78 is 0.924. The molecule has 1 aromatic heterocycles. The van der Waals surface area contributed by atoms with E-state index in [0.717, 1.165) is 29.7 Å². The van der Waals surface area contributed by atoms with Crippen LogP contribution in [0.25, 0.3) is 0 Å². The molecule has 0 fully saturated rings. The van der Waals surface area contributed by atoms with E-state index in [2.05, 4.69) is 36.4 Å². The molecule has 5 nitrogen and oxygen atoms in total. The molecule has 0 unspecified atom stereocenters. The third-order valence-corrected chi connectivity index (χ3v) is 3.69. The first-order chi connectivity index (χ1) is 11.0. The van der Waals surface area contributed by atoms with Crippen LogP contribution in [-0.4, -0.2) is 43.0 Å². The van der Waals surface area contributed by atoms with Gasteiger partial charge in [-0.15, -0.1) is 0 Å². The minimum atomic E-state index is -0.151. The van der Waals surface area contributed by atoms with Gasteiger partial charge in [0.1, 0.15) is 5.82 Å². The number of hydrogen-bond donors (Lipinski definition) is 2. The zero-order valence-electron chi connectivity index (χ0n) is 13.3. The Hall–Kier alpha value is -1.92. The largest absolute Gasteiger partial charge is 0.370 e. The summed E-state index contributed by atoms with van der Waals surface area (Å²) in [6.07, 6.45) is 2.66. The van der Waals surface area contributed by atoms with Gasteiger partial charge >= 0.3 is 0 Å². The van der Waals surface area contributed by atoms with E-state index in [0.29, 0.717) is 11.4 Å². The number of rotatable bonds is 7. The zero-order chi connectivity index (χ0) is 16.7. The Bertz CT molecular complexity index is 661. The molecule has 6 heteroatoms. The van der Waals surface area contributed by atoms with Crippen LogP contribution in [0.2, 0.25) is 0 Å². The van der Waals surface area contributed by atoms with Gasteiger partial charge in [0.15, 0.2) is 0 Å². The van der Waals surface area contributed by atoms with E-state index in [4.69, 9.17) is 0 Å². The maximum absolute atomic E-state index is 12.3. The molecule has 0 atom stereocenters. The fourth-order valence-electron chi connectivity index (χ4n) is 2.05. The van der Waals surface area contributed by atoms with Gasteiger partial charge in [-0.05, 0) is 57.4 Å². The number of halogens is 1. The Balaban J connectivity index is 1.94. The highest BCUT2D eigenvalue weighted by Gasteiger charge is 2.07. The van der Waals surface area contributed by atoms with Crippen LogP contribution >= 0.6 is 15.9 Å². The second-order valence-corrected chi connectivity index (χ2v) is 6.39.